The Bertz CT molecular complexity index is 2190. The average molecular weight is 2020 g/mol. The van der Waals surface area contributed by atoms with Crippen molar-refractivity contribution < 1.29 is 52.4 Å². The minimum Gasteiger partial charge on any atom is -0.466 e. The molecule has 0 saturated carbocycles. The van der Waals surface area contributed by atoms with Gasteiger partial charge in [-0.15, -0.1) is 0 Å². The third-order valence-electron chi connectivity index (χ3n) is 26.6. The number of nitrogens with zero attached hydrogens (tertiary/aromatic N) is 4. The van der Waals surface area contributed by atoms with Crippen LogP contribution in [-0.4, -0.2) is 209 Å². The summed E-state index contributed by atoms with van der Waals surface area (Å²) < 4.78 is 35.2. The van der Waals surface area contributed by atoms with Gasteiger partial charge in [0.2, 0.25) is 0 Å². The molecule has 0 aliphatic carbocycles. The first-order valence-electron chi connectivity index (χ1n) is 58.6. The fourth-order valence-electron chi connectivity index (χ4n) is 17.5. The van der Waals surface area contributed by atoms with Crippen molar-refractivity contribution in [3.05, 3.63) is 0 Å². The van der Waals surface area contributed by atoms with Crippen molar-refractivity contribution in [2.24, 2.45) is 0 Å². The summed E-state index contributed by atoms with van der Waals surface area (Å²) in [5.41, 5.74) is 0. The highest BCUT2D eigenvalue weighted by Gasteiger charge is 2.18. The van der Waals surface area contributed by atoms with Crippen molar-refractivity contribution in [3.63, 3.8) is 0 Å². The van der Waals surface area contributed by atoms with Crippen LogP contribution in [-0.2, 0) is 52.4 Å². The van der Waals surface area contributed by atoms with E-state index in [0.717, 1.165) is 171 Å². The molecule has 21 heteroatoms. The van der Waals surface area contributed by atoms with E-state index in [0.29, 0.717) is 97.9 Å². The highest BCUT2D eigenvalue weighted by molar-refractivity contribution is 8.77. The Labute approximate surface area is 861 Å². The van der Waals surface area contributed by atoms with Gasteiger partial charge in [0.25, 0.3) is 0 Å². The van der Waals surface area contributed by atoms with Gasteiger partial charge >= 0.3 is 29.8 Å². The maximum atomic E-state index is 13.2. The molecule has 0 aromatic heterocycles. The normalized spacial score (nSPS) is 11.7. The molecule has 0 aromatic carbocycles. The lowest BCUT2D eigenvalue weighted by Crippen LogP contribution is -2.32. The maximum Gasteiger partial charge on any atom is 0.307 e. The largest absolute Gasteiger partial charge is 0.466 e. The smallest absolute Gasteiger partial charge is 0.307 e. The lowest BCUT2D eigenvalue weighted by molar-refractivity contribution is -0.146. The molecule has 0 bridgehead atoms. The average Bonchev–Trinajstić information content (AvgIpc) is 0.999. The number of hydrogen-bond acceptors (Lipinski definition) is 21. The lowest BCUT2D eigenvalue weighted by atomic mass is 10.1. The van der Waals surface area contributed by atoms with E-state index in [4.69, 9.17) is 28.4 Å². The molecule has 0 rings (SSSR count). The van der Waals surface area contributed by atoms with Crippen molar-refractivity contribution in [1.82, 2.24) is 19.6 Å². The van der Waals surface area contributed by atoms with Gasteiger partial charge in [-0.25, -0.2) is 0 Å². The minimum absolute atomic E-state index is 0.0728. The predicted molar refractivity (Wildman–Crippen MR) is 600 cm³/mol. The van der Waals surface area contributed by atoms with Gasteiger partial charge in [-0.2, -0.15) is 0 Å². The SMILES string of the molecule is CCCCCCCCCCCCCCOCCCN(CCSSCCN(CCSSCCN(CCC(=O)OCCCCCCCCCCCCCC)CCC(=O)OCCCCCCCCCCCCCC)CCSSCCN(CCC(=O)OCCCCCCCCCCCCCC)CCC(=O)OCCCCCCCCCCCCCC)CCC(=O)OCCCCCCCCCCCCCC. The summed E-state index contributed by atoms with van der Waals surface area (Å²) >= 11 is 0. The topological polar surface area (TPSA) is 154 Å². The standard InChI is InChI=1S/C114H224N4O11S6/c1-7-13-19-25-31-37-43-49-55-61-67-73-97-124-98-79-85-115(86-80-110(119)125-99-74-68-62-56-50-44-38-32-26-20-14-8-2)91-104-130-133-107-94-118(95-108-134-131-105-92-116(87-81-111(120)126-100-75-69-63-57-51-45-39-33-27-21-15-9-3)88-82-112(121)127-101-76-70-64-58-52-46-40-34-28-22-16-10-4)96-109-135-132-106-93-117(89-83-113(122)128-102-77-71-65-59-53-47-41-35-29-23-17-11-5)90-84-114(123)129-103-78-72-66-60-54-48-42-36-30-24-18-12-6/h7-109H2,1-6H3. The van der Waals surface area contributed by atoms with Crippen molar-refractivity contribution >= 4 is 94.6 Å². The fraction of sp³-hybridized carbons (Fsp3) is 0.956. The summed E-state index contributed by atoms with van der Waals surface area (Å²) in [6.45, 7) is 27.0. The zero-order valence-electron chi connectivity index (χ0n) is 90.1. The number of hydrogen-bond donors (Lipinski definition) is 0. The Hall–Kier alpha value is -0.750. The van der Waals surface area contributed by atoms with E-state index >= 15 is 0 Å². The van der Waals surface area contributed by atoms with Gasteiger partial charge in [0, 0.05) is 126 Å². The molecule has 0 unspecified atom stereocenters. The molecular weight excluding hydrogens is 1790 g/mol. The van der Waals surface area contributed by atoms with E-state index < -0.39 is 0 Å². The Morgan fingerprint density at radius 3 is 0.437 bits per heavy atom. The van der Waals surface area contributed by atoms with Gasteiger partial charge in [0.1, 0.15) is 0 Å². The number of carbonyl (C=O) groups is 5. The third kappa shape index (κ3) is 110. The Morgan fingerprint density at radius 2 is 0.274 bits per heavy atom. The first kappa shape index (κ1) is 134. The van der Waals surface area contributed by atoms with Crippen LogP contribution in [0.4, 0.5) is 0 Å². The molecule has 0 radical (unpaired) electrons. The zero-order chi connectivity index (χ0) is 97.5. The van der Waals surface area contributed by atoms with Gasteiger partial charge in [0.15, 0.2) is 0 Å². The van der Waals surface area contributed by atoms with Crippen LogP contribution in [0.3, 0.4) is 0 Å². The molecule has 0 heterocycles. The molecule has 0 aliphatic heterocycles. The number of ether oxygens (including phenoxy) is 6. The molecule has 0 fully saturated rings. The Balaban J connectivity index is 6.19. The first-order valence-corrected chi connectivity index (χ1v) is 66.1. The number of rotatable bonds is 118. The van der Waals surface area contributed by atoms with Crippen LogP contribution in [0.15, 0.2) is 0 Å². The molecule has 0 spiro atoms. The first-order chi connectivity index (χ1) is 66.6. The van der Waals surface area contributed by atoms with Gasteiger partial charge in [0.05, 0.1) is 65.1 Å². The zero-order valence-corrected chi connectivity index (χ0v) is 95.0. The predicted octanol–water partition coefficient (Wildman–Crippen LogP) is 34.6. The summed E-state index contributed by atoms with van der Waals surface area (Å²) in [7, 11) is 11.5. The van der Waals surface area contributed by atoms with Crippen LogP contribution < -0.4 is 0 Å². The van der Waals surface area contributed by atoms with E-state index in [9.17, 15) is 24.0 Å². The van der Waals surface area contributed by atoms with Gasteiger partial charge < -0.3 is 48.0 Å². The Kier molecular flexibility index (Phi) is 116. The number of esters is 5. The van der Waals surface area contributed by atoms with E-state index in [2.05, 4.69) is 61.1 Å². The molecule has 0 aliphatic rings. The second kappa shape index (κ2) is 117. The van der Waals surface area contributed by atoms with Crippen molar-refractivity contribution in [2.75, 3.05) is 159 Å². The van der Waals surface area contributed by atoms with Crippen LogP contribution >= 0.6 is 64.8 Å². The molecule has 0 saturated heterocycles. The van der Waals surface area contributed by atoms with E-state index in [-0.39, 0.29) is 29.8 Å². The molecule has 15 nitrogen and oxygen atoms in total. The fourth-order valence-corrected chi connectivity index (χ4v) is 23.7. The highest BCUT2D eigenvalue weighted by atomic mass is 33.1. The van der Waals surface area contributed by atoms with Gasteiger partial charge in [-0.1, -0.05) is 530 Å². The van der Waals surface area contributed by atoms with E-state index in [1.807, 2.05) is 64.8 Å². The summed E-state index contributed by atoms with van der Waals surface area (Å²) in [6.07, 6.45) is 95.2. The summed E-state index contributed by atoms with van der Waals surface area (Å²) in [6, 6.07) is 0. The molecular formula is C114H224N4O11S6. The molecule has 0 N–H and O–H groups in total. The van der Waals surface area contributed by atoms with Gasteiger partial charge in [-0.3, -0.25) is 24.0 Å². The summed E-state index contributed by atoms with van der Waals surface area (Å²) in [4.78, 5) is 75.8. The third-order valence-corrected chi connectivity index (χ3v) is 33.7. The van der Waals surface area contributed by atoms with Crippen molar-refractivity contribution in [2.45, 2.75) is 542 Å². The maximum absolute atomic E-state index is 13.2. The van der Waals surface area contributed by atoms with Crippen LogP contribution in [0.1, 0.15) is 542 Å². The second-order valence-corrected chi connectivity index (χ2v) is 47.6. The Morgan fingerprint density at radius 1 is 0.148 bits per heavy atom. The van der Waals surface area contributed by atoms with Crippen LogP contribution in [0.25, 0.3) is 0 Å². The molecule has 802 valence electrons. The quantitative estimate of drug-likeness (QED) is 0.0245. The van der Waals surface area contributed by atoms with Crippen LogP contribution in [0.2, 0.25) is 0 Å². The molecule has 0 aromatic rings. The van der Waals surface area contributed by atoms with Crippen LogP contribution in [0.5, 0.6) is 0 Å². The van der Waals surface area contributed by atoms with Gasteiger partial charge in [-0.05, 0) is 44.9 Å². The lowest BCUT2D eigenvalue weighted by Gasteiger charge is -2.23. The second-order valence-electron chi connectivity index (χ2n) is 39.5. The van der Waals surface area contributed by atoms with Crippen LogP contribution in [0, 0.1) is 0 Å². The number of unbranched alkanes of at least 4 members (excludes halogenated alkanes) is 66. The van der Waals surface area contributed by atoms with E-state index in [1.165, 1.54) is 392 Å². The minimum atomic E-state index is -0.148. The van der Waals surface area contributed by atoms with E-state index in [1.54, 1.807) is 0 Å². The summed E-state index contributed by atoms with van der Waals surface area (Å²) in [5.74, 6) is 5.05. The van der Waals surface area contributed by atoms with Crippen molar-refractivity contribution in [3.8, 4) is 0 Å². The molecule has 135 heavy (non-hydrogen) atoms. The van der Waals surface area contributed by atoms with Crippen molar-refractivity contribution in [1.29, 1.82) is 0 Å². The number of carbonyl (C=O) groups excluding carboxylic acids is 5. The molecule has 0 amide bonds. The monoisotopic (exact) mass is 2020 g/mol. The molecule has 0 atom stereocenters. The summed E-state index contributed by atoms with van der Waals surface area (Å²) in [5, 5.41) is 0. The highest BCUT2D eigenvalue weighted by Crippen LogP contribution is 2.28.